The van der Waals surface area contributed by atoms with E-state index in [1.807, 2.05) is 20.9 Å². The molecule has 0 radical (unpaired) electrons. The monoisotopic (exact) mass is 399 g/mol. The molecule has 29 heavy (non-hydrogen) atoms. The molecule has 3 N–H and O–H groups in total. The van der Waals surface area contributed by atoms with Gasteiger partial charge in [0, 0.05) is 38.3 Å². The number of rotatable bonds is 5. The molecule has 1 aromatic carbocycles. The van der Waals surface area contributed by atoms with Gasteiger partial charge in [0.15, 0.2) is 0 Å². The predicted octanol–water partition coefficient (Wildman–Crippen LogP) is 1.51. The van der Waals surface area contributed by atoms with Crippen LogP contribution in [0.15, 0.2) is 24.3 Å². The predicted molar refractivity (Wildman–Crippen MR) is 105 cm³/mol. The topological polar surface area (TPSA) is 117 Å². The number of likely N-dealkylation sites (N-methyl/N-ethyl adjacent to an activating group) is 1. The van der Waals surface area contributed by atoms with Crippen LogP contribution >= 0.6 is 0 Å². The quantitative estimate of drug-likeness (QED) is 0.705. The van der Waals surface area contributed by atoms with Gasteiger partial charge in [0.25, 0.3) is 0 Å². The second-order valence-corrected chi connectivity index (χ2v) is 7.30. The Labute approximate surface area is 168 Å². The number of hydrogen-bond donors (Lipinski definition) is 3. The van der Waals surface area contributed by atoms with E-state index in [9.17, 15) is 14.4 Å². The minimum atomic E-state index is -0.996. The van der Waals surface area contributed by atoms with Crippen LogP contribution in [0, 0.1) is 13.8 Å². The molecule has 2 aromatic rings. The number of likely N-dealkylation sites (tertiary alicyclic amines) is 1. The number of carboxylic acids is 1. The summed E-state index contributed by atoms with van der Waals surface area (Å²) in [6, 6.07) is 5.26. The Morgan fingerprint density at radius 1 is 1.21 bits per heavy atom. The molecule has 1 aliphatic rings. The number of amides is 3. The van der Waals surface area contributed by atoms with E-state index in [0.717, 1.165) is 22.5 Å². The van der Waals surface area contributed by atoms with Crippen molar-refractivity contribution >= 4 is 17.9 Å². The van der Waals surface area contributed by atoms with Gasteiger partial charge in [-0.05, 0) is 31.5 Å². The maximum atomic E-state index is 12.4. The van der Waals surface area contributed by atoms with Gasteiger partial charge in [-0.3, -0.25) is 9.48 Å². The van der Waals surface area contributed by atoms with Gasteiger partial charge in [0.1, 0.15) is 0 Å². The van der Waals surface area contributed by atoms with E-state index in [4.69, 9.17) is 5.11 Å². The highest BCUT2D eigenvalue weighted by Crippen LogP contribution is 2.35. The van der Waals surface area contributed by atoms with Crippen molar-refractivity contribution in [1.29, 1.82) is 0 Å². The fourth-order valence-electron chi connectivity index (χ4n) is 3.78. The van der Waals surface area contributed by atoms with Gasteiger partial charge < -0.3 is 20.6 Å². The van der Waals surface area contributed by atoms with Crippen LogP contribution in [-0.4, -0.2) is 50.8 Å². The Bertz CT molecular complexity index is 951. The summed E-state index contributed by atoms with van der Waals surface area (Å²) in [7, 11) is 3.59. The van der Waals surface area contributed by atoms with Gasteiger partial charge in [-0.25, -0.2) is 9.59 Å². The maximum Gasteiger partial charge on any atom is 0.335 e. The van der Waals surface area contributed by atoms with Crippen molar-refractivity contribution in [1.82, 2.24) is 25.3 Å². The zero-order valence-electron chi connectivity index (χ0n) is 16.9. The van der Waals surface area contributed by atoms with Crippen molar-refractivity contribution in [3.8, 4) is 0 Å². The zero-order chi connectivity index (χ0) is 21.3. The molecule has 9 heteroatoms. The van der Waals surface area contributed by atoms with Crippen molar-refractivity contribution in [3.63, 3.8) is 0 Å². The number of benzene rings is 1. The van der Waals surface area contributed by atoms with Gasteiger partial charge in [-0.15, -0.1) is 0 Å². The van der Waals surface area contributed by atoms with Crippen molar-refractivity contribution in [2.75, 3.05) is 7.05 Å². The fraction of sp³-hybridized carbons (Fsp3) is 0.400. The molecule has 0 aliphatic carbocycles. The van der Waals surface area contributed by atoms with Gasteiger partial charge in [-0.2, -0.15) is 5.10 Å². The first-order chi connectivity index (χ1) is 13.7. The number of carbonyl (C=O) groups excluding carboxylic acids is 2. The molecular weight excluding hydrogens is 374 g/mol. The molecule has 3 rings (SSSR count). The Morgan fingerprint density at radius 2 is 1.86 bits per heavy atom. The molecule has 3 amide bonds. The molecule has 2 heterocycles. The highest BCUT2D eigenvalue weighted by molar-refractivity contribution is 5.87. The van der Waals surface area contributed by atoms with E-state index < -0.39 is 5.97 Å². The SMILES string of the molecule is Cc1nn(C)c(C)c1[C@H]1[C@H](NC(=O)NCc2ccc(C(=O)O)cc2)CC(=O)N1C. The lowest BCUT2D eigenvalue weighted by molar-refractivity contribution is -0.127. The van der Waals surface area contributed by atoms with Crippen molar-refractivity contribution < 1.29 is 19.5 Å². The third-order valence-corrected chi connectivity index (χ3v) is 5.42. The second kappa shape index (κ2) is 7.94. The van der Waals surface area contributed by atoms with E-state index in [1.54, 1.807) is 28.8 Å². The number of nitrogens with one attached hydrogen (secondary N) is 2. The minimum Gasteiger partial charge on any atom is -0.478 e. The summed E-state index contributed by atoms with van der Waals surface area (Å²) in [6.07, 6.45) is 0.218. The normalized spacial score (nSPS) is 18.8. The number of hydrogen-bond acceptors (Lipinski definition) is 4. The summed E-state index contributed by atoms with van der Waals surface area (Å²) in [6.45, 7) is 4.10. The van der Waals surface area contributed by atoms with E-state index in [-0.39, 0.29) is 42.6 Å². The first kappa shape index (κ1) is 20.4. The first-order valence-electron chi connectivity index (χ1n) is 9.31. The third-order valence-electron chi connectivity index (χ3n) is 5.42. The van der Waals surface area contributed by atoms with Crippen molar-refractivity contribution in [2.24, 2.45) is 7.05 Å². The number of urea groups is 1. The van der Waals surface area contributed by atoms with Gasteiger partial charge in [-0.1, -0.05) is 12.1 Å². The van der Waals surface area contributed by atoms with E-state index in [2.05, 4.69) is 15.7 Å². The van der Waals surface area contributed by atoms with Crippen LogP contribution in [0.5, 0.6) is 0 Å². The molecule has 154 valence electrons. The molecule has 2 atom stereocenters. The van der Waals surface area contributed by atoms with Crippen LogP contribution in [0.1, 0.15) is 45.3 Å². The molecular formula is C20H25N5O4. The fourth-order valence-corrected chi connectivity index (χ4v) is 3.78. The Morgan fingerprint density at radius 3 is 2.41 bits per heavy atom. The third kappa shape index (κ3) is 4.08. The lowest BCUT2D eigenvalue weighted by Crippen LogP contribution is -2.44. The Hall–Kier alpha value is -3.36. The summed E-state index contributed by atoms with van der Waals surface area (Å²) in [5.74, 6) is -1.03. The average Bonchev–Trinajstić information content (AvgIpc) is 3.08. The molecule has 0 spiro atoms. The summed E-state index contributed by atoms with van der Waals surface area (Å²) in [5.41, 5.74) is 3.72. The maximum absolute atomic E-state index is 12.4. The van der Waals surface area contributed by atoms with Gasteiger partial charge in [0.2, 0.25) is 5.91 Å². The van der Waals surface area contributed by atoms with E-state index >= 15 is 0 Å². The van der Waals surface area contributed by atoms with Crippen LogP contribution < -0.4 is 10.6 Å². The molecule has 9 nitrogen and oxygen atoms in total. The van der Waals surface area contributed by atoms with Crippen LogP contribution in [0.25, 0.3) is 0 Å². The Balaban J connectivity index is 1.68. The number of aromatic nitrogens is 2. The number of carbonyl (C=O) groups is 3. The largest absolute Gasteiger partial charge is 0.478 e. The summed E-state index contributed by atoms with van der Waals surface area (Å²) in [4.78, 5) is 37.3. The van der Waals surface area contributed by atoms with Crippen LogP contribution in [-0.2, 0) is 18.4 Å². The van der Waals surface area contributed by atoms with Gasteiger partial charge >= 0.3 is 12.0 Å². The zero-order valence-corrected chi connectivity index (χ0v) is 16.9. The van der Waals surface area contributed by atoms with Gasteiger partial charge in [0.05, 0.1) is 23.3 Å². The van der Waals surface area contributed by atoms with E-state index in [0.29, 0.717) is 0 Å². The van der Waals surface area contributed by atoms with E-state index in [1.165, 1.54) is 12.1 Å². The standard InChI is InChI=1S/C20H25N5O4/c1-11-17(12(2)25(4)23-11)18-15(9-16(26)24(18)3)22-20(29)21-10-13-5-7-14(8-6-13)19(27)28/h5-8,15,18H,9-10H2,1-4H3,(H,27,28)(H2,21,22,29)/t15-,18-/m1/s1. The number of aromatic carboxylic acids is 1. The minimum absolute atomic E-state index is 0.0350. The van der Waals surface area contributed by atoms with Crippen molar-refractivity contribution in [2.45, 2.75) is 38.9 Å². The smallest absolute Gasteiger partial charge is 0.335 e. The molecule has 1 saturated heterocycles. The van der Waals surface area contributed by atoms with Crippen LogP contribution in [0.2, 0.25) is 0 Å². The molecule has 0 saturated carbocycles. The molecule has 1 fully saturated rings. The molecule has 0 unspecified atom stereocenters. The first-order valence-corrected chi connectivity index (χ1v) is 9.31. The Kier molecular flexibility index (Phi) is 5.58. The number of nitrogens with zero attached hydrogens (tertiary/aromatic N) is 3. The second-order valence-electron chi connectivity index (χ2n) is 7.30. The summed E-state index contributed by atoms with van der Waals surface area (Å²) in [5, 5.41) is 19.0. The molecule has 1 aromatic heterocycles. The van der Waals surface area contributed by atoms with Crippen LogP contribution in [0.3, 0.4) is 0 Å². The average molecular weight is 399 g/mol. The summed E-state index contributed by atoms with van der Waals surface area (Å²) >= 11 is 0. The lowest BCUT2D eigenvalue weighted by atomic mass is 9.98. The number of aryl methyl sites for hydroxylation is 2. The highest BCUT2D eigenvalue weighted by atomic mass is 16.4. The highest BCUT2D eigenvalue weighted by Gasteiger charge is 2.41. The lowest BCUT2D eigenvalue weighted by Gasteiger charge is -2.26. The molecule has 0 bridgehead atoms. The van der Waals surface area contributed by atoms with Crippen LogP contribution in [0.4, 0.5) is 4.79 Å². The number of carboxylic acid groups (broad SMARTS) is 1. The summed E-state index contributed by atoms with van der Waals surface area (Å²) < 4.78 is 1.78. The van der Waals surface area contributed by atoms with Crippen molar-refractivity contribution in [3.05, 3.63) is 52.3 Å². The molecule has 1 aliphatic heterocycles.